The fourth-order valence-corrected chi connectivity index (χ4v) is 2.67. The first kappa shape index (κ1) is 14.4. The van der Waals surface area contributed by atoms with E-state index >= 15 is 0 Å². The lowest BCUT2D eigenvalue weighted by molar-refractivity contribution is 0.622. The van der Waals surface area contributed by atoms with E-state index in [1.807, 2.05) is 18.3 Å². The van der Waals surface area contributed by atoms with Crippen molar-refractivity contribution in [2.45, 2.75) is 39.5 Å². The Hall–Kier alpha value is -1.97. The molecule has 1 aromatic carbocycles. The van der Waals surface area contributed by atoms with Gasteiger partial charge in [-0.25, -0.2) is 0 Å². The van der Waals surface area contributed by atoms with Gasteiger partial charge in [0.2, 0.25) is 0 Å². The summed E-state index contributed by atoms with van der Waals surface area (Å²) in [5.74, 6) is 3.34. The molecule has 1 heterocycles. The smallest absolute Gasteiger partial charge is 0.129 e. The summed E-state index contributed by atoms with van der Waals surface area (Å²) < 4.78 is 2.15. The standard InChI is InChI=1S/C17H20N2Si/c1-13(2)19-12-15(11-18)16-8-6-7-14(17(16)19)9-10-20(3,4)5/h6-8,12-13H,1-5H3. The van der Waals surface area contributed by atoms with Crippen molar-refractivity contribution in [1.82, 2.24) is 4.57 Å². The highest BCUT2D eigenvalue weighted by Crippen LogP contribution is 2.27. The van der Waals surface area contributed by atoms with Crippen LogP contribution >= 0.6 is 0 Å². The SMILES string of the molecule is CC(C)n1cc(C#N)c2cccc(C#C[Si](C)(C)C)c21. The number of para-hydroxylation sites is 1. The van der Waals surface area contributed by atoms with Crippen LogP contribution in [0.25, 0.3) is 10.9 Å². The summed E-state index contributed by atoms with van der Waals surface area (Å²) in [4.78, 5) is 0. The number of fused-ring (bicyclic) bond motifs is 1. The van der Waals surface area contributed by atoms with Crippen LogP contribution in [0.5, 0.6) is 0 Å². The van der Waals surface area contributed by atoms with E-state index in [4.69, 9.17) is 0 Å². The van der Waals surface area contributed by atoms with Crippen LogP contribution in [0, 0.1) is 22.8 Å². The number of aromatic nitrogens is 1. The third-order valence-corrected chi connectivity index (χ3v) is 3.98. The first-order valence-corrected chi connectivity index (χ1v) is 10.4. The maximum absolute atomic E-state index is 9.29. The third-order valence-electron chi connectivity index (χ3n) is 3.10. The van der Waals surface area contributed by atoms with Gasteiger partial charge in [-0.2, -0.15) is 5.26 Å². The van der Waals surface area contributed by atoms with Gasteiger partial charge in [-0.3, -0.25) is 0 Å². The number of nitriles is 1. The van der Waals surface area contributed by atoms with Crippen LogP contribution in [0.15, 0.2) is 24.4 Å². The van der Waals surface area contributed by atoms with E-state index in [9.17, 15) is 5.26 Å². The molecule has 0 bridgehead atoms. The molecule has 1 aromatic heterocycles. The molecule has 0 spiro atoms. The van der Waals surface area contributed by atoms with Gasteiger partial charge in [-0.1, -0.05) is 37.7 Å². The first-order chi connectivity index (χ1) is 9.33. The molecule has 102 valence electrons. The zero-order valence-electron chi connectivity index (χ0n) is 12.8. The minimum Gasteiger partial charge on any atom is -0.343 e. The second kappa shape index (κ2) is 5.19. The molecule has 0 fully saturated rings. The topological polar surface area (TPSA) is 28.7 Å². The van der Waals surface area contributed by atoms with E-state index in [1.165, 1.54) is 0 Å². The molecule has 2 nitrogen and oxygen atoms in total. The second-order valence-electron chi connectivity index (χ2n) is 6.36. The maximum Gasteiger partial charge on any atom is 0.129 e. The minimum absolute atomic E-state index is 0.314. The van der Waals surface area contributed by atoms with Gasteiger partial charge < -0.3 is 4.57 Å². The van der Waals surface area contributed by atoms with Gasteiger partial charge in [0.15, 0.2) is 0 Å². The van der Waals surface area contributed by atoms with Crippen LogP contribution in [0.4, 0.5) is 0 Å². The molecule has 0 amide bonds. The highest BCUT2D eigenvalue weighted by molar-refractivity contribution is 6.83. The Morgan fingerprint density at radius 2 is 1.85 bits per heavy atom. The maximum atomic E-state index is 9.29. The summed E-state index contributed by atoms with van der Waals surface area (Å²) in [6.45, 7) is 11.0. The van der Waals surface area contributed by atoms with E-state index in [0.29, 0.717) is 6.04 Å². The quantitative estimate of drug-likeness (QED) is 0.565. The summed E-state index contributed by atoms with van der Waals surface area (Å²) in [5.41, 5.74) is 6.26. The molecule has 0 atom stereocenters. The number of hydrogen-bond donors (Lipinski definition) is 0. The van der Waals surface area contributed by atoms with E-state index in [2.05, 4.69) is 61.7 Å². The molecule has 20 heavy (non-hydrogen) atoms. The average Bonchev–Trinajstić information content (AvgIpc) is 2.74. The van der Waals surface area contributed by atoms with Gasteiger partial charge in [-0.15, -0.1) is 5.54 Å². The molecule has 0 aliphatic heterocycles. The number of rotatable bonds is 1. The van der Waals surface area contributed by atoms with Gasteiger partial charge >= 0.3 is 0 Å². The monoisotopic (exact) mass is 280 g/mol. The van der Waals surface area contributed by atoms with Crippen LogP contribution in [0.2, 0.25) is 19.6 Å². The Labute approximate surface area is 122 Å². The highest BCUT2D eigenvalue weighted by atomic mass is 28.3. The normalized spacial score (nSPS) is 11.2. The van der Waals surface area contributed by atoms with Crippen molar-refractivity contribution in [2.24, 2.45) is 0 Å². The number of hydrogen-bond acceptors (Lipinski definition) is 1. The molecular weight excluding hydrogens is 260 g/mol. The lowest BCUT2D eigenvalue weighted by atomic mass is 10.1. The fourth-order valence-electron chi connectivity index (χ4n) is 2.16. The molecule has 2 rings (SSSR count). The molecular formula is C17H20N2Si. The van der Waals surface area contributed by atoms with Crippen molar-refractivity contribution in [3.8, 4) is 17.5 Å². The van der Waals surface area contributed by atoms with E-state index in [-0.39, 0.29) is 0 Å². The Kier molecular flexibility index (Phi) is 3.75. The van der Waals surface area contributed by atoms with Gasteiger partial charge in [-0.05, 0) is 19.9 Å². The van der Waals surface area contributed by atoms with Crippen LogP contribution < -0.4 is 0 Å². The first-order valence-electron chi connectivity index (χ1n) is 6.90. The zero-order chi connectivity index (χ0) is 14.9. The van der Waals surface area contributed by atoms with Crippen LogP contribution in [0.3, 0.4) is 0 Å². The van der Waals surface area contributed by atoms with Crippen molar-refractivity contribution in [3.63, 3.8) is 0 Å². The summed E-state index contributed by atoms with van der Waals surface area (Å²) in [6.07, 6.45) is 1.94. The Morgan fingerprint density at radius 1 is 1.15 bits per heavy atom. The van der Waals surface area contributed by atoms with Crippen molar-refractivity contribution < 1.29 is 0 Å². The average molecular weight is 280 g/mol. The second-order valence-corrected chi connectivity index (χ2v) is 11.1. The number of nitrogens with zero attached hydrogens (tertiary/aromatic N) is 2. The van der Waals surface area contributed by atoms with Gasteiger partial charge in [0.25, 0.3) is 0 Å². The molecule has 0 N–H and O–H groups in total. The largest absolute Gasteiger partial charge is 0.343 e. The Morgan fingerprint density at radius 3 is 2.40 bits per heavy atom. The van der Waals surface area contributed by atoms with Gasteiger partial charge in [0, 0.05) is 23.2 Å². The van der Waals surface area contributed by atoms with Crippen molar-refractivity contribution >= 4 is 19.0 Å². The zero-order valence-corrected chi connectivity index (χ0v) is 13.8. The molecule has 0 aliphatic carbocycles. The van der Waals surface area contributed by atoms with E-state index < -0.39 is 8.07 Å². The van der Waals surface area contributed by atoms with E-state index in [1.54, 1.807) is 0 Å². The molecule has 0 radical (unpaired) electrons. The summed E-state index contributed by atoms with van der Waals surface area (Å²) in [7, 11) is -1.41. The van der Waals surface area contributed by atoms with Crippen molar-refractivity contribution in [1.29, 1.82) is 5.26 Å². The van der Waals surface area contributed by atoms with E-state index in [0.717, 1.165) is 22.0 Å². The van der Waals surface area contributed by atoms with Gasteiger partial charge in [0.05, 0.1) is 11.1 Å². The Bertz CT molecular complexity index is 743. The van der Waals surface area contributed by atoms with Crippen molar-refractivity contribution in [2.75, 3.05) is 0 Å². The predicted octanol–water partition coefficient (Wildman–Crippen LogP) is 4.32. The lowest BCUT2D eigenvalue weighted by Crippen LogP contribution is -2.16. The molecule has 0 saturated carbocycles. The van der Waals surface area contributed by atoms with Crippen LogP contribution in [-0.4, -0.2) is 12.6 Å². The Balaban J connectivity index is 2.76. The molecule has 0 unspecified atom stereocenters. The summed E-state index contributed by atoms with van der Waals surface area (Å²) >= 11 is 0. The molecule has 2 aromatic rings. The predicted molar refractivity (Wildman–Crippen MR) is 87.3 cm³/mol. The highest BCUT2D eigenvalue weighted by Gasteiger charge is 2.13. The fraction of sp³-hybridized carbons (Fsp3) is 0.353. The minimum atomic E-state index is -1.41. The lowest BCUT2D eigenvalue weighted by Gasteiger charge is -2.10. The van der Waals surface area contributed by atoms with Crippen molar-refractivity contribution in [3.05, 3.63) is 35.5 Å². The number of benzene rings is 1. The molecule has 0 saturated heterocycles. The molecule has 0 aliphatic rings. The summed E-state index contributed by atoms with van der Waals surface area (Å²) in [5, 5.41) is 10.3. The van der Waals surface area contributed by atoms with Crippen LogP contribution in [-0.2, 0) is 0 Å². The van der Waals surface area contributed by atoms with Crippen LogP contribution in [0.1, 0.15) is 31.0 Å². The van der Waals surface area contributed by atoms with Gasteiger partial charge in [0.1, 0.15) is 14.1 Å². The molecule has 3 heteroatoms. The summed E-state index contributed by atoms with van der Waals surface area (Å²) in [6, 6.07) is 8.64. The third kappa shape index (κ3) is 2.79.